The third-order valence-corrected chi connectivity index (χ3v) is 5.95. The Morgan fingerprint density at radius 1 is 1.00 bits per heavy atom. The van der Waals surface area contributed by atoms with Gasteiger partial charge in [-0.15, -0.1) is 0 Å². The quantitative estimate of drug-likeness (QED) is 0.404. The summed E-state index contributed by atoms with van der Waals surface area (Å²) < 4.78 is 8.52. The van der Waals surface area contributed by atoms with Gasteiger partial charge in [0, 0.05) is 30.3 Å². The molecule has 0 saturated heterocycles. The van der Waals surface area contributed by atoms with Crippen LogP contribution in [0, 0.1) is 0 Å². The van der Waals surface area contributed by atoms with Gasteiger partial charge in [0.2, 0.25) is 0 Å². The zero-order valence-corrected chi connectivity index (χ0v) is 17.2. The molecule has 31 heavy (non-hydrogen) atoms. The first-order valence-corrected chi connectivity index (χ1v) is 10.7. The van der Waals surface area contributed by atoms with Crippen LogP contribution in [0.25, 0.3) is 0 Å². The molecule has 0 spiro atoms. The van der Waals surface area contributed by atoms with Crippen LogP contribution in [0.5, 0.6) is 5.75 Å². The minimum atomic E-state index is -0.164. The molecule has 4 aromatic rings. The second-order valence-electron chi connectivity index (χ2n) is 7.95. The van der Waals surface area contributed by atoms with E-state index < -0.39 is 0 Å². The van der Waals surface area contributed by atoms with E-state index in [1.807, 2.05) is 47.2 Å². The number of carbonyl (C=O) groups is 1. The molecule has 3 aromatic carbocycles. The molecule has 1 aliphatic carbocycles. The number of imidazole rings is 1. The number of aromatic nitrogens is 2. The van der Waals surface area contributed by atoms with Crippen LogP contribution in [-0.2, 0) is 6.54 Å². The number of hydrogen-bond acceptors (Lipinski definition) is 3. The van der Waals surface area contributed by atoms with Crippen LogP contribution in [0.3, 0.4) is 0 Å². The van der Waals surface area contributed by atoms with E-state index in [1.165, 1.54) is 5.56 Å². The Labute approximate surface area is 182 Å². The van der Waals surface area contributed by atoms with Crippen LogP contribution in [0.2, 0.25) is 0 Å². The van der Waals surface area contributed by atoms with E-state index in [2.05, 4.69) is 47.4 Å². The smallest absolute Gasteiger partial charge is 0.163 e. The molecule has 4 nitrogen and oxygen atoms in total. The van der Waals surface area contributed by atoms with Gasteiger partial charge in [-0.3, -0.25) is 4.79 Å². The van der Waals surface area contributed by atoms with Crippen molar-refractivity contribution in [2.24, 2.45) is 0 Å². The molecule has 5 rings (SSSR count). The predicted octanol–water partition coefficient (Wildman–Crippen LogP) is 5.81. The maximum absolute atomic E-state index is 12.6. The SMILES string of the molecule is O=C1CCC(c2ccccc2)c2cc(OC(Cn3ccnc3)c3ccccc3)ccc21. The fraction of sp³-hybridized carbons (Fsp3) is 0.185. The summed E-state index contributed by atoms with van der Waals surface area (Å²) in [4.78, 5) is 16.7. The van der Waals surface area contributed by atoms with E-state index in [0.29, 0.717) is 13.0 Å². The van der Waals surface area contributed by atoms with Gasteiger partial charge in [0.05, 0.1) is 12.9 Å². The molecule has 0 aliphatic heterocycles. The fourth-order valence-corrected chi connectivity index (χ4v) is 4.38. The number of fused-ring (bicyclic) bond motifs is 1. The highest BCUT2D eigenvalue weighted by Crippen LogP contribution is 2.39. The van der Waals surface area contributed by atoms with Crippen molar-refractivity contribution in [3.8, 4) is 5.75 Å². The Morgan fingerprint density at radius 3 is 2.52 bits per heavy atom. The van der Waals surface area contributed by atoms with E-state index in [0.717, 1.165) is 28.9 Å². The number of carbonyl (C=O) groups excluding carboxylic acids is 1. The van der Waals surface area contributed by atoms with Crippen molar-refractivity contribution < 1.29 is 9.53 Å². The van der Waals surface area contributed by atoms with Gasteiger partial charge in [0.25, 0.3) is 0 Å². The lowest BCUT2D eigenvalue weighted by Crippen LogP contribution is -2.18. The first kappa shape index (κ1) is 19.3. The summed E-state index contributed by atoms with van der Waals surface area (Å²) in [6, 6.07) is 26.6. The van der Waals surface area contributed by atoms with Gasteiger partial charge in [-0.25, -0.2) is 4.98 Å². The highest BCUT2D eigenvalue weighted by Gasteiger charge is 2.27. The fourth-order valence-electron chi connectivity index (χ4n) is 4.38. The molecule has 0 amide bonds. The summed E-state index contributed by atoms with van der Waals surface area (Å²) in [5.74, 6) is 1.20. The molecule has 2 atom stereocenters. The number of benzene rings is 3. The van der Waals surface area contributed by atoms with Gasteiger partial charge < -0.3 is 9.30 Å². The molecule has 1 heterocycles. The van der Waals surface area contributed by atoms with Crippen molar-refractivity contribution in [2.45, 2.75) is 31.4 Å². The normalized spacial score (nSPS) is 16.5. The van der Waals surface area contributed by atoms with Gasteiger partial charge in [-0.05, 0) is 41.3 Å². The van der Waals surface area contributed by atoms with E-state index in [4.69, 9.17) is 4.74 Å². The van der Waals surface area contributed by atoms with Gasteiger partial charge in [-0.1, -0.05) is 60.7 Å². The summed E-state index contributed by atoms with van der Waals surface area (Å²) in [5, 5.41) is 0. The standard InChI is InChI=1S/C27H24N2O2/c30-26-14-13-23(20-7-3-1-4-8-20)25-17-22(11-12-24(25)26)31-27(18-29-16-15-28-19-29)21-9-5-2-6-10-21/h1-12,15-17,19,23,27H,13-14,18H2. The predicted molar refractivity (Wildman–Crippen MR) is 120 cm³/mol. The van der Waals surface area contributed by atoms with Crippen molar-refractivity contribution in [3.05, 3.63) is 120 Å². The number of nitrogens with zero attached hydrogens (tertiary/aromatic N) is 2. The third-order valence-electron chi connectivity index (χ3n) is 5.95. The highest BCUT2D eigenvalue weighted by molar-refractivity contribution is 5.99. The Hall–Kier alpha value is -3.66. The maximum Gasteiger partial charge on any atom is 0.163 e. The van der Waals surface area contributed by atoms with Crippen molar-refractivity contribution in [1.82, 2.24) is 9.55 Å². The lowest BCUT2D eigenvalue weighted by Gasteiger charge is -2.27. The average Bonchev–Trinajstić information content (AvgIpc) is 3.33. The second kappa shape index (κ2) is 8.60. The number of ether oxygens (including phenoxy) is 1. The molecule has 0 fully saturated rings. The van der Waals surface area contributed by atoms with Crippen LogP contribution >= 0.6 is 0 Å². The summed E-state index contributed by atoms with van der Waals surface area (Å²) >= 11 is 0. The second-order valence-corrected chi connectivity index (χ2v) is 7.95. The zero-order valence-electron chi connectivity index (χ0n) is 17.2. The van der Waals surface area contributed by atoms with Gasteiger partial charge in [0.1, 0.15) is 11.9 Å². The molecule has 1 aliphatic rings. The topological polar surface area (TPSA) is 44.1 Å². The molecule has 154 valence electrons. The monoisotopic (exact) mass is 408 g/mol. The van der Waals surface area contributed by atoms with Crippen LogP contribution in [0.4, 0.5) is 0 Å². The van der Waals surface area contributed by atoms with Crippen molar-refractivity contribution in [2.75, 3.05) is 0 Å². The largest absolute Gasteiger partial charge is 0.484 e. The molecule has 2 unspecified atom stereocenters. The Balaban J connectivity index is 1.49. The minimum Gasteiger partial charge on any atom is -0.484 e. The Morgan fingerprint density at radius 2 is 1.77 bits per heavy atom. The molecular formula is C27H24N2O2. The molecule has 0 radical (unpaired) electrons. The minimum absolute atomic E-state index is 0.164. The van der Waals surface area contributed by atoms with Crippen LogP contribution in [0.1, 0.15) is 51.9 Å². The highest BCUT2D eigenvalue weighted by atomic mass is 16.5. The number of ketones is 1. The van der Waals surface area contributed by atoms with Gasteiger partial charge in [-0.2, -0.15) is 0 Å². The van der Waals surface area contributed by atoms with Crippen molar-refractivity contribution in [3.63, 3.8) is 0 Å². The molecular weight excluding hydrogens is 384 g/mol. The number of Topliss-reactive ketones (excluding diaryl/α,β-unsaturated/α-hetero) is 1. The van der Waals surface area contributed by atoms with E-state index in [1.54, 1.807) is 12.5 Å². The first-order chi connectivity index (χ1) is 15.3. The van der Waals surface area contributed by atoms with Crippen molar-refractivity contribution >= 4 is 5.78 Å². The van der Waals surface area contributed by atoms with Crippen LogP contribution < -0.4 is 4.74 Å². The molecule has 1 aromatic heterocycles. The lowest BCUT2D eigenvalue weighted by molar-refractivity contribution is 0.0969. The summed E-state index contributed by atoms with van der Waals surface area (Å²) in [5.41, 5.74) is 4.23. The lowest BCUT2D eigenvalue weighted by atomic mass is 9.78. The summed E-state index contributed by atoms with van der Waals surface area (Å²) in [7, 11) is 0. The van der Waals surface area contributed by atoms with Gasteiger partial charge >= 0.3 is 0 Å². The third kappa shape index (κ3) is 4.15. The van der Waals surface area contributed by atoms with E-state index in [-0.39, 0.29) is 17.8 Å². The molecule has 0 saturated carbocycles. The molecule has 0 N–H and O–H groups in total. The van der Waals surface area contributed by atoms with E-state index >= 15 is 0 Å². The maximum atomic E-state index is 12.6. The Kier molecular flexibility index (Phi) is 5.36. The summed E-state index contributed by atoms with van der Waals surface area (Å²) in [6.45, 7) is 0.655. The van der Waals surface area contributed by atoms with Crippen molar-refractivity contribution in [1.29, 1.82) is 0 Å². The summed E-state index contributed by atoms with van der Waals surface area (Å²) in [6.07, 6.45) is 6.77. The Bertz CT molecular complexity index is 1150. The van der Waals surface area contributed by atoms with Crippen LogP contribution in [0.15, 0.2) is 97.6 Å². The van der Waals surface area contributed by atoms with E-state index in [9.17, 15) is 4.79 Å². The number of hydrogen-bond donors (Lipinski definition) is 0. The van der Waals surface area contributed by atoms with Crippen LogP contribution in [-0.4, -0.2) is 15.3 Å². The number of rotatable bonds is 6. The molecule has 4 heteroatoms. The molecule has 0 bridgehead atoms. The zero-order chi connectivity index (χ0) is 21.0. The average molecular weight is 409 g/mol. The van der Waals surface area contributed by atoms with Gasteiger partial charge in [0.15, 0.2) is 5.78 Å². The first-order valence-electron chi connectivity index (χ1n) is 10.7.